The summed E-state index contributed by atoms with van der Waals surface area (Å²) in [6, 6.07) is 0. The number of rotatable bonds is 9. The summed E-state index contributed by atoms with van der Waals surface area (Å²) in [7, 11) is 0. The smallest absolute Gasteiger partial charge is 0.00121 e. The number of hydrogen-bond acceptors (Lipinski definition) is 2. The highest BCUT2D eigenvalue weighted by molar-refractivity contribution is 4.78. The van der Waals surface area contributed by atoms with Crippen LogP contribution >= 0.6 is 0 Å². The van der Waals surface area contributed by atoms with Gasteiger partial charge in [-0.05, 0) is 57.3 Å². The van der Waals surface area contributed by atoms with Crippen LogP contribution in [0.25, 0.3) is 0 Å². The van der Waals surface area contributed by atoms with E-state index in [9.17, 15) is 0 Å². The SMILES string of the molecule is CCCCCC(CN(CC)CC)C1CCNCC1. The van der Waals surface area contributed by atoms with E-state index in [1.165, 1.54) is 71.2 Å². The molecular formula is C16H34N2. The summed E-state index contributed by atoms with van der Waals surface area (Å²) in [5.74, 6) is 1.92. The summed E-state index contributed by atoms with van der Waals surface area (Å²) in [5, 5.41) is 3.50. The molecular weight excluding hydrogens is 220 g/mol. The Bertz CT molecular complexity index is 184. The van der Waals surface area contributed by atoms with E-state index in [4.69, 9.17) is 0 Å². The van der Waals surface area contributed by atoms with Gasteiger partial charge in [0.25, 0.3) is 0 Å². The molecule has 2 nitrogen and oxygen atoms in total. The molecule has 0 aromatic heterocycles. The molecule has 1 heterocycles. The van der Waals surface area contributed by atoms with Crippen LogP contribution in [-0.4, -0.2) is 37.6 Å². The lowest BCUT2D eigenvalue weighted by Gasteiger charge is -2.34. The van der Waals surface area contributed by atoms with Gasteiger partial charge in [-0.3, -0.25) is 0 Å². The zero-order valence-corrected chi connectivity index (χ0v) is 12.9. The van der Waals surface area contributed by atoms with Crippen LogP contribution in [0.4, 0.5) is 0 Å². The molecule has 2 heteroatoms. The molecule has 0 aromatic carbocycles. The van der Waals surface area contributed by atoms with Crippen molar-refractivity contribution in [3.63, 3.8) is 0 Å². The van der Waals surface area contributed by atoms with Gasteiger partial charge in [0, 0.05) is 6.54 Å². The Balaban J connectivity index is 2.43. The van der Waals surface area contributed by atoms with Gasteiger partial charge in [-0.2, -0.15) is 0 Å². The van der Waals surface area contributed by atoms with Crippen molar-refractivity contribution in [1.29, 1.82) is 0 Å². The standard InChI is InChI=1S/C16H34N2/c1-4-7-8-9-16(14-18(5-2)6-3)15-10-12-17-13-11-15/h15-17H,4-14H2,1-3H3. The van der Waals surface area contributed by atoms with Crippen LogP contribution in [0, 0.1) is 11.8 Å². The molecule has 1 aliphatic heterocycles. The van der Waals surface area contributed by atoms with Gasteiger partial charge in [0.1, 0.15) is 0 Å². The van der Waals surface area contributed by atoms with Gasteiger partial charge in [-0.25, -0.2) is 0 Å². The lowest BCUT2D eigenvalue weighted by Crippen LogP contribution is -2.37. The first kappa shape index (κ1) is 16.0. The molecule has 1 N–H and O–H groups in total. The molecule has 1 atom stereocenters. The highest BCUT2D eigenvalue weighted by Gasteiger charge is 2.24. The fraction of sp³-hybridized carbons (Fsp3) is 1.00. The van der Waals surface area contributed by atoms with E-state index in [1.54, 1.807) is 0 Å². The van der Waals surface area contributed by atoms with Crippen molar-refractivity contribution in [2.24, 2.45) is 11.8 Å². The molecule has 1 fully saturated rings. The molecule has 1 unspecified atom stereocenters. The molecule has 0 aromatic rings. The second kappa shape index (κ2) is 9.80. The van der Waals surface area contributed by atoms with Crippen molar-refractivity contribution < 1.29 is 0 Å². The average Bonchev–Trinajstić information content (AvgIpc) is 2.44. The van der Waals surface area contributed by atoms with Gasteiger partial charge < -0.3 is 10.2 Å². The summed E-state index contributed by atoms with van der Waals surface area (Å²) in [5.41, 5.74) is 0. The molecule has 108 valence electrons. The summed E-state index contributed by atoms with van der Waals surface area (Å²) >= 11 is 0. The second-order valence-corrected chi connectivity index (χ2v) is 5.83. The van der Waals surface area contributed by atoms with Gasteiger partial charge >= 0.3 is 0 Å². The molecule has 0 radical (unpaired) electrons. The van der Waals surface area contributed by atoms with E-state index in [2.05, 4.69) is 31.0 Å². The van der Waals surface area contributed by atoms with E-state index in [-0.39, 0.29) is 0 Å². The Labute approximate surface area is 115 Å². The molecule has 1 saturated heterocycles. The van der Waals surface area contributed by atoms with E-state index < -0.39 is 0 Å². The maximum Gasteiger partial charge on any atom is 0.00121 e. The van der Waals surface area contributed by atoms with Gasteiger partial charge in [0.05, 0.1) is 0 Å². The molecule has 0 aliphatic carbocycles. The Morgan fingerprint density at radius 1 is 1.06 bits per heavy atom. The molecule has 0 spiro atoms. The normalized spacial score (nSPS) is 19.3. The van der Waals surface area contributed by atoms with Crippen molar-refractivity contribution in [3.05, 3.63) is 0 Å². The Morgan fingerprint density at radius 3 is 2.28 bits per heavy atom. The summed E-state index contributed by atoms with van der Waals surface area (Å²) in [6.07, 6.45) is 8.46. The number of hydrogen-bond donors (Lipinski definition) is 1. The fourth-order valence-corrected chi connectivity index (χ4v) is 3.26. The minimum Gasteiger partial charge on any atom is -0.317 e. The number of unbranched alkanes of at least 4 members (excludes halogenated alkanes) is 2. The number of nitrogens with zero attached hydrogens (tertiary/aromatic N) is 1. The predicted molar refractivity (Wildman–Crippen MR) is 81.0 cm³/mol. The quantitative estimate of drug-likeness (QED) is 0.633. The average molecular weight is 254 g/mol. The topological polar surface area (TPSA) is 15.3 Å². The van der Waals surface area contributed by atoms with Gasteiger partial charge in [0.15, 0.2) is 0 Å². The molecule has 0 saturated carbocycles. The van der Waals surface area contributed by atoms with Crippen LogP contribution in [0.2, 0.25) is 0 Å². The third-order valence-electron chi connectivity index (χ3n) is 4.62. The largest absolute Gasteiger partial charge is 0.317 e. The van der Waals surface area contributed by atoms with Crippen LogP contribution in [0.15, 0.2) is 0 Å². The van der Waals surface area contributed by atoms with Crippen LogP contribution in [-0.2, 0) is 0 Å². The van der Waals surface area contributed by atoms with Crippen LogP contribution in [0.3, 0.4) is 0 Å². The van der Waals surface area contributed by atoms with Crippen molar-refractivity contribution in [1.82, 2.24) is 10.2 Å². The van der Waals surface area contributed by atoms with Crippen molar-refractivity contribution in [2.45, 2.75) is 59.3 Å². The maximum absolute atomic E-state index is 3.50. The Kier molecular flexibility index (Phi) is 8.70. The van der Waals surface area contributed by atoms with Crippen LogP contribution < -0.4 is 5.32 Å². The minimum absolute atomic E-state index is 0.943. The number of nitrogens with one attached hydrogen (secondary N) is 1. The molecule has 1 rings (SSSR count). The van der Waals surface area contributed by atoms with Gasteiger partial charge in [-0.15, -0.1) is 0 Å². The van der Waals surface area contributed by atoms with E-state index >= 15 is 0 Å². The van der Waals surface area contributed by atoms with E-state index in [0.717, 1.165) is 11.8 Å². The van der Waals surface area contributed by atoms with Crippen molar-refractivity contribution >= 4 is 0 Å². The maximum atomic E-state index is 3.50. The molecule has 1 aliphatic rings. The summed E-state index contributed by atoms with van der Waals surface area (Å²) < 4.78 is 0. The third-order valence-corrected chi connectivity index (χ3v) is 4.62. The lowest BCUT2D eigenvalue weighted by molar-refractivity contribution is 0.166. The zero-order chi connectivity index (χ0) is 13.2. The van der Waals surface area contributed by atoms with Gasteiger partial charge in [-0.1, -0.05) is 40.0 Å². The highest BCUT2D eigenvalue weighted by Crippen LogP contribution is 2.27. The van der Waals surface area contributed by atoms with Crippen molar-refractivity contribution in [3.8, 4) is 0 Å². The van der Waals surface area contributed by atoms with Crippen LogP contribution in [0.1, 0.15) is 59.3 Å². The predicted octanol–water partition coefficient (Wildman–Crippen LogP) is 3.52. The van der Waals surface area contributed by atoms with Gasteiger partial charge in [0.2, 0.25) is 0 Å². The highest BCUT2D eigenvalue weighted by atomic mass is 15.1. The first-order valence-electron chi connectivity index (χ1n) is 8.24. The monoisotopic (exact) mass is 254 g/mol. The Morgan fingerprint density at radius 2 is 1.72 bits per heavy atom. The summed E-state index contributed by atoms with van der Waals surface area (Å²) in [6.45, 7) is 13.2. The van der Waals surface area contributed by atoms with Crippen molar-refractivity contribution in [2.75, 3.05) is 32.7 Å². The minimum atomic E-state index is 0.943. The molecule has 0 bridgehead atoms. The molecule has 0 amide bonds. The second-order valence-electron chi connectivity index (χ2n) is 5.83. The third kappa shape index (κ3) is 5.71. The Hall–Kier alpha value is -0.0800. The summed E-state index contributed by atoms with van der Waals surface area (Å²) in [4.78, 5) is 2.62. The van der Waals surface area contributed by atoms with Crippen LogP contribution in [0.5, 0.6) is 0 Å². The zero-order valence-electron chi connectivity index (χ0n) is 12.9. The number of piperidine rings is 1. The molecule has 18 heavy (non-hydrogen) atoms. The van der Waals surface area contributed by atoms with E-state index in [0.29, 0.717) is 0 Å². The fourth-order valence-electron chi connectivity index (χ4n) is 3.26. The lowest BCUT2D eigenvalue weighted by atomic mass is 9.81. The first-order valence-corrected chi connectivity index (χ1v) is 8.24. The first-order chi connectivity index (χ1) is 8.81. The van der Waals surface area contributed by atoms with E-state index in [1.807, 2.05) is 0 Å².